The molecule has 28 heavy (non-hydrogen) atoms. The number of allylic oxidation sites excluding steroid dienone is 1. The van der Waals surface area contributed by atoms with Gasteiger partial charge in [-0.2, -0.15) is 8.42 Å². The molecule has 0 radical (unpaired) electrons. The Morgan fingerprint density at radius 3 is 1.50 bits per heavy atom. The summed E-state index contributed by atoms with van der Waals surface area (Å²) in [5.41, 5.74) is 0. The standard InChI is InChI=1S/C20H36O7S/c1-2-3-4-5-6-7-8-9-10-11-12-13-14-15-16-20(19(23)24,17-18(21)22)28(25,26)27/h2H,1,3-17H2,(H,21,22)(H,23,24)(H,25,26,27). The molecule has 0 heterocycles. The van der Waals surface area contributed by atoms with Gasteiger partial charge in [-0.1, -0.05) is 76.7 Å². The molecule has 0 fully saturated rings. The summed E-state index contributed by atoms with van der Waals surface area (Å²) >= 11 is 0. The summed E-state index contributed by atoms with van der Waals surface area (Å²) in [7, 11) is -5.02. The van der Waals surface area contributed by atoms with E-state index in [1.165, 1.54) is 38.5 Å². The Labute approximate surface area is 169 Å². The van der Waals surface area contributed by atoms with Gasteiger partial charge in [0.25, 0.3) is 10.1 Å². The van der Waals surface area contributed by atoms with Gasteiger partial charge in [0.1, 0.15) is 0 Å². The van der Waals surface area contributed by atoms with Crippen molar-refractivity contribution in [3.8, 4) is 0 Å². The zero-order chi connectivity index (χ0) is 21.5. The minimum absolute atomic E-state index is 0.240. The lowest BCUT2D eigenvalue weighted by atomic mass is 9.96. The second-order valence-electron chi connectivity index (χ2n) is 7.42. The molecule has 8 heteroatoms. The fourth-order valence-electron chi connectivity index (χ4n) is 3.31. The van der Waals surface area contributed by atoms with Gasteiger partial charge in [-0.25, -0.2) is 0 Å². The predicted octanol–water partition coefficient (Wildman–Crippen LogP) is 4.82. The fraction of sp³-hybridized carbons (Fsp3) is 0.800. The van der Waals surface area contributed by atoms with Crippen molar-refractivity contribution < 1.29 is 32.8 Å². The Morgan fingerprint density at radius 2 is 1.18 bits per heavy atom. The molecule has 1 unspecified atom stereocenters. The van der Waals surface area contributed by atoms with E-state index in [0.29, 0.717) is 6.42 Å². The first-order chi connectivity index (χ1) is 13.2. The van der Waals surface area contributed by atoms with E-state index in [1.54, 1.807) is 0 Å². The first kappa shape index (κ1) is 26.6. The van der Waals surface area contributed by atoms with Crippen molar-refractivity contribution in [1.29, 1.82) is 0 Å². The third-order valence-corrected chi connectivity index (χ3v) is 6.57. The van der Waals surface area contributed by atoms with Crippen molar-refractivity contribution >= 4 is 22.1 Å². The van der Waals surface area contributed by atoms with Gasteiger partial charge in [0.05, 0.1) is 6.42 Å². The van der Waals surface area contributed by atoms with E-state index in [9.17, 15) is 27.7 Å². The molecular weight excluding hydrogens is 384 g/mol. The number of rotatable bonds is 19. The Hall–Kier alpha value is -1.41. The van der Waals surface area contributed by atoms with Crippen LogP contribution in [0.2, 0.25) is 0 Å². The Bertz CT molecular complexity index is 571. The molecule has 0 saturated heterocycles. The van der Waals surface area contributed by atoms with Gasteiger partial charge < -0.3 is 10.2 Å². The molecule has 0 aliphatic carbocycles. The van der Waals surface area contributed by atoms with Crippen molar-refractivity contribution in [2.75, 3.05) is 0 Å². The van der Waals surface area contributed by atoms with Crippen LogP contribution in [0.4, 0.5) is 0 Å². The van der Waals surface area contributed by atoms with Crippen LogP contribution in [-0.4, -0.2) is 39.9 Å². The quantitative estimate of drug-likeness (QED) is 0.155. The third-order valence-electron chi connectivity index (χ3n) is 5.06. The highest BCUT2D eigenvalue weighted by molar-refractivity contribution is 7.88. The average Bonchev–Trinajstić information content (AvgIpc) is 2.59. The van der Waals surface area contributed by atoms with Crippen LogP contribution in [0.15, 0.2) is 12.7 Å². The minimum atomic E-state index is -5.02. The highest BCUT2D eigenvalue weighted by Crippen LogP contribution is 2.29. The maximum absolute atomic E-state index is 11.5. The summed E-state index contributed by atoms with van der Waals surface area (Å²) in [5.74, 6) is -3.39. The SMILES string of the molecule is C=CCCCCCCCCCCCCCCC(CC(=O)O)(C(=O)O)S(=O)(=O)O. The third kappa shape index (κ3) is 10.8. The normalized spacial score (nSPS) is 13.8. The number of hydrogen-bond acceptors (Lipinski definition) is 4. The van der Waals surface area contributed by atoms with Crippen LogP contribution in [0.25, 0.3) is 0 Å². The minimum Gasteiger partial charge on any atom is -0.481 e. The zero-order valence-electron chi connectivity index (χ0n) is 16.8. The van der Waals surface area contributed by atoms with E-state index in [0.717, 1.165) is 32.1 Å². The Kier molecular flexibility index (Phi) is 13.8. The molecule has 0 saturated carbocycles. The maximum atomic E-state index is 11.5. The van der Waals surface area contributed by atoms with Gasteiger partial charge in [-0.15, -0.1) is 6.58 Å². The number of carboxylic acids is 2. The lowest BCUT2D eigenvalue weighted by Crippen LogP contribution is -2.48. The van der Waals surface area contributed by atoms with Crippen LogP contribution in [0.1, 0.15) is 96.3 Å². The lowest BCUT2D eigenvalue weighted by molar-refractivity contribution is -0.147. The summed E-state index contributed by atoms with van der Waals surface area (Å²) in [4.78, 5) is 22.2. The molecular formula is C20H36O7S. The van der Waals surface area contributed by atoms with Gasteiger partial charge in [0.15, 0.2) is 0 Å². The van der Waals surface area contributed by atoms with Crippen molar-refractivity contribution in [3.05, 3.63) is 12.7 Å². The average molecular weight is 421 g/mol. The smallest absolute Gasteiger partial charge is 0.328 e. The topological polar surface area (TPSA) is 129 Å². The first-order valence-corrected chi connectivity index (χ1v) is 11.6. The van der Waals surface area contributed by atoms with E-state index < -0.39 is 39.6 Å². The largest absolute Gasteiger partial charge is 0.481 e. The van der Waals surface area contributed by atoms with E-state index in [2.05, 4.69) is 6.58 Å². The first-order valence-electron chi connectivity index (χ1n) is 10.2. The fourth-order valence-corrected chi connectivity index (χ4v) is 4.24. The van der Waals surface area contributed by atoms with Crippen LogP contribution < -0.4 is 0 Å². The second-order valence-corrected chi connectivity index (χ2v) is 9.15. The van der Waals surface area contributed by atoms with E-state index >= 15 is 0 Å². The van der Waals surface area contributed by atoms with E-state index in [4.69, 9.17) is 5.11 Å². The van der Waals surface area contributed by atoms with Gasteiger partial charge in [-0.05, 0) is 19.3 Å². The van der Waals surface area contributed by atoms with Crippen LogP contribution in [0, 0.1) is 0 Å². The number of hydrogen-bond donors (Lipinski definition) is 3. The van der Waals surface area contributed by atoms with E-state index in [-0.39, 0.29) is 6.42 Å². The number of carbonyl (C=O) groups is 2. The van der Waals surface area contributed by atoms with Crippen molar-refractivity contribution in [2.45, 2.75) is 101 Å². The Morgan fingerprint density at radius 1 is 0.786 bits per heavy atom. The van der Waals surface area contributed by atoms with Crippen molar-refractivity contribution in [1.82, 2.24) is 0 Å². The monoisotopic (exact) mass is 420 g/mol. The Balaban J connectivity index is 3.94. The zero-order valence-corrected chi connectivity index (χ0v) is 17.6. The molecule has 7 nitrogen and oxygen atoms in total. The molecule has 1 atom stereocenters. The van der Waals surface area contributed by atoms with Gasteiger partial charge in [0.2, 0.25) is 4.75 Å². The molecule has 3 N–H and O–H groups in total. The summed E-state index contributed by atoms with van der Waals surface area (Å²) in [6.07, 6.45) is 13.8. The van der Waals surface area contributed by atoms with Gasteiger partial charge in [-0.3, -0.25) is 14.1 Å². The molecule has 0 aliphatic rings. The number of aliphatic carboxylic acids is 2. The molecule has 0 aromatic carbocycles. The molecule has 0 aliphatic heterocycles. The van der Waals surface area contributed by atoms with Crippen molar-refractivity contribution in [3.63, 3.8) is 0 Å². The van der Waals surface area contributed by atoms with Crippen LogP contribution >= 0.6 is 0 Å². The highest BCUT2D eigenvalue weighted by Gasteiger charge is 2.51. The molecule has 0 spiro atoms. The van der Waals surface area contributed by atoms with Crippen LogP contribution in [-0.2, 0) is 19.7 Å². The van der Waals surface area contributed by atoms with Crippen molar-refractivity contribution in [2.24, 2.45) is 0 Å². The molecule has 0 amide bonds. The second kappa shape index (κ2) is 14.6. The number of carboxylic acid groups (broad SMARTS) is 2. The summed E-state index contributed by atoms with van der Waals surface area (Å²) in [6.45, 7) is 3.71. The van der Waals surface area contributed by atoms with Crippen LogP contribution in [0.5, 0.6) is 0 Å². The summed E-state index contributed by atoms with van der Waals surface area (Å²) in [6, 6.07) is 0. The summed E-state index contributed by atoms with van der Waals surface area (Å²) < 4.78 is 29.6. The number of unbranched alkanes of at least 4 members (excludes halogenated alkanes) is 12. The molecule has 0 rings (SSSR count). The molecule has 0 aromatic rings. The summed E-state index contributed by atoms with van der Waals surface area (Å²) in [5, 5.41) is 18.0. The molecule has 164 valence electrons. The predicted molar refractivity (Wildman–Crippen MR) is 109 cm³/mol. The van der Waals surface area contributed by atoms with Gasteiger partial charge >= 0.3 is 11.9 Å². The van der Waals surface area contributed by atoms with Crippen LogP contribution in [0.3, 0.4) is 0 Å². The highest BCUT2D eigenvalue weighted by atomic mass is 32.2. The molecule has 0 aromatic heterocycles. The van der Waals surface area contributed by atoms with E-state index in [1.807, 2.05) is 6.08 Å². The lowest BCUT2D eigenvalue weighted by Gasteiger charge is -2.24. The maximum Gasteiger partial charge on any atom is 0.328 e. The van der Waals surface area contributed by atoms with Gasteiger partial charge in [0, 0.05) is 0 Å². The molecule has 0 bridgehead atoms.